The van der Waals surface area contributed by atoms with Crippen molar-refractivity contribution in [2.24, 2.45) is 0 Å². The number of hydrogen-bond acceptors (Lipinski definition) is 8. The van der Waals surface area contributed by atoms with Gasteiger partial charge in [0, 0.05) is 0 Å². The second-order valence-electron chi connectivity index (χ2n) is 8.90. The zero-order valence-electron chi connectivity index (χ0n) is 19.7. The molecule has 1 heterocycles. The molecule has 1 aliphatic heterocycles. The number of amides is 1. The van der Waals surface area contributed by atoms with E-state index in [0.717, 1.165) is 0 Å². The van der Waals surface area contributed by atoms with Crippen molar-refractivity contribution in [1.29, 1.82) is 0 Å². The minimum Gasteiger partial charge on any atom is -0.464 e. The van der Waals surface area contributed by atoms with Gasteiger partial charge in [0.15, 0.2) is 14.4 Å². The maximum absolute atomic E-state index is 13.3. The van der Waals surface area contributed by atoms with Crippen LogP contribution in [-0.2, 0) is 37.1 Å². The van der Waals surface area contributed by atoms with E-state index >= 15 is 0 Å². The highest BCUT2D eigenvalue weighted by molar-refractivity contribution is 7.55. The SMILES string of the molecule is CCOC(=O)C(NC(=O)[C@@H](O[Si](C)(C)C(C)(C)C)[C@]1(C)CO1)P(=O)(OCC)OCC. The smallest absolute Gasteiger partial charge is 0.364 e. The predicted molar refractivity (Wildman–Crippen MR) is 116 cm³/mol. The van der Waals surface area contributed by atoms with Crippen molar-refractivity contribution in [3.8, 4) is 0 Å². The summed E-state index contributed by atoms with van der Waals surface area (Å²) in [6.07, 6.45) is -0.980. The molecule has 1 aliphatic rings. The number of carbonyl (C=O) groups excluding carboxylic acids is 2. The molecule has 0 radical (unpaired) electrons. The van der Waals surface area contributed by atoms with Gasteiger partial charge in [-0.3, -0.25) is 9.36 Å². The van der Waals surface area contributed by atoms with Gasteiger partial charge in [0.2, 0.25) is 5.78 Å². The average molecular weight is 468 g/mol. The zero-order valence-corrected chi connectivity index (χ0v) is 21.6. The molecule has 1 saturated heterocycles. The quantitative estimate of drug-likeness (QED) is 0.201. The lowest BCUT2D eigenvalue weighted by Crippen LogP contribution is -2.56. The second-order valence-corrected chi connectivity index (χ2v) is 15.8. The molecule has 0 aromatic carbocycles. The van der Waals surface area contributed by atoms with Gasteiger partial charge in [-0.2, -0.15) is 0 Å². The topological polar surface area (TPSA) is 113 Å². The number of rotatable bonds is 12. The molecular formula is C19H38NO8PSi. The summed E-state index contributed by atoms with van der Waals surface area (Å²) >= 11 is 0. The number of nitrogens with one attached hydrogen (secondary N) is 1. The van der Waals surface area contributed by atoms with Gasteiger partial charge in [0.05, 0.1) is 26.4 Å². The van der Waals surface area contributed by atoms with Crippen LogP contribution in [0, 0.1) is 0 Å². The highest BCUT2D eigenvalue weighted by Gasteiger charge is 2.56. The molecule has 11 heteroatoms. The van der Waals surface area contributed by atoms with Gasteiger partial charge in [-0.25, -0.2) is 4.79 Å². The van der Waals surface area contributed by atoms with Gasteiger partial charge < -0.3 is 28.3 Å². The van der Waals surface area contributed by atoms with Crippen molar-refractivity contribution in [2.45, 2.75) is 84.1 Å². The predicted octanol–water partition coefficient (Wildman–Crippen LogP) is 3.44. The Morgan fingerprint density at radius 2 is 1.63 bits per heavy atom. The molecule has 1 unspecified atom stereocenters. The Hall–Kier alpha value is -0.773. The lowest BCUT2D eigenvalue weighted by Gasteiger charge is -2.40. The van der Waals surface area contributed by atoms with E-state index in [0.29, 0.717) is 6.61 Å². The van der Waals surface area contributed by atoms with E-state index in [-0.39, 0.29) is 24.9 Å². The molecule has 0 aliphatic carbocycles. The molecule has 30 heavy (non-hydrogen) atoms. The first-order valence-corrected chi connectivity index (χ1v) is 14.9. The first-order chi connectivity index (χ1) is 13.7. The molecule has 0 aromatic heterocycles. The number of epoxide rings is 1. The summed E-state index contributed by atoms with van der Waals surface area (Å²) in [5.41, 5.74) is -0.819. The summed E-state index contributed by atoms with van der Waals surface area (Å²) in [6, 6.07) is 0. The van der Waals surface area contributed by atoms with Gasteiger partial charge in [-0.15, -0.1) is 0 Å². The van der Waals surface area contributed by atoms with E-state index in [1.807, 2.05) is 13.1 Å². The van der Waals surface area contributed by atoms with Gasteiger partial charge in [0.25, 0.3) is 5.91 Å². The van der Waals surface area contributed by atoms with Crippen LogP contribution in [0.2, 0.25) is 18.1 Å². The van der Waals surface area contributed by atoms with Crippen molar-refractivity contribution in [3.63, 3.8) is 0 Å². The molecule has 176 valence electrons. The number of carbonyl (C=O) groups is 2. The largest absolute Gasteiger partial charge is 0.464 e. The lowest BCUT2D eigenvalue weighted by molar-refractivity contribution is -0.146. The lowest BCUT2D eigenvalue weighted by atomic mass is 10.1. The average Bonchev–Trinajstić information content (AvgIpc) is 3.35. The maximum Gasteiger partial charge on any atom is 0.364 e. The Balaban J connectivity index is 3.23. The van der Waals surface area contributed by atoms with Crippen molar-refractivity contribution in [1.82, 2.24) is 5.32 Å². The number of hydrogen-bond donors (Lipinski definition) is 1. The van der Waals surface area contributed by atoms with Gasteiger partial charge in [-0.1, -0.05) is 20.8 Å². The fourth-order valence-electron chi connectivity index (χ4n) is 2.44. The van der Waals surface area contributed by atoms with Gasteiger partial charge >= 0.3 is 13.6 Å². The van der Waals surface area contributed by atoms with Crippen molar-refractivity contribution >= 4 is 27.8 Å². The van der Waals surface area contributed by atoms with Crippen molar-refractivity contribution < 1.29 is 37.1 Å². The Morgan fingerprint density at radius 3 is 2.00 bits per heavy atom. The summed E-state index contributed by atoms with van der Waals surface area (Å²) in [4.78, 5) is 25.8. The molecule has 0 aromatic rings. The highest BCUT2D eigenvalue weighted by Crippen LogP contribution is 2.52. The summed E-state index contributed by atoms with van der Waals surface area (Å²) in [5, 5.41) is 2.37. The van der Waals surface area contributed by atoms with E-state index in [1.54, 1.807) is 27.7 Å². The van der Waals surface area contributed by atoms with Crippen LogP contribution in [0.4, 0.5) is 0 Å². The minimum atomic E-state index is -4.02. The van der Waals surface area contributed by atoms with Crippen molar-refractivity contribution in [3.05, 3.63) is 0 Å². The third-order valence-corrected chi connectivity index (χ3v) is 12.0. The van der Waals surface area contributed by atoms with Crippen molar-refractivity contribution in [2.75, 3.05) is 26.4 Å². The minimum absolute atomic E-state index is 0.0355. The van der Waals surface area contributed by atoms with Gasteiger partial charge in [-0.05, 0) is 45.8 Å². The molecule has 0 spiro atoms. The fourth-order valence-corrected chi connectivity index (χ4v) is 5.45. The third kappa shape index (κ3) is 6.61. The molecule has 1 rings (SSSR count). The molecule has 3 atom stereocenters. The molecular weight excluding hydrogens is 429 g/mol. The first-order valence-electron chi connectivity index (χ1n) is 10.3. The van der Waals surface area contributed by atoms with E-state index in [4.69, 9.17) is 22.9 Å². The monoisotopic (exact) mass is 467 g/mol. The summed E-state index contributed by atoms with van der Waals surface area (Å²) in [7, 11) is -6.37. The Bertz CT molecular complexity index is 649. The van der Waals surface area contributed by atoms with E-state index in [9.17, 15) is 14.2 Å². The van der Waals surface area contributed by atoms with Crippen LogP contribution >= 0.6 is 7.60 Å². The van der Waals surface area contributed by atoms with Crippen LogP contribution in [0.1, 0.15) is 48.5 Å². The normalized spacial score (nSPS) is 21.6. The Morgan fingerprint density at radius 1 is 1.13 bits per heavy atom. The fraction of sp³-hybridized carbons (Fsp3) is 0.895. The number of esters is 1. The molecule has 1 N–H and O–H groups in total. The van der Waals surface area contributed by atoms with E-state index in [2.05, 4.69) is 26.1 Å². The van der Waals surface area contributed by atoms with Crippen LogP contribution < -0.4 is 5.32 Å². The number of ether oxygens (including phenoxy) is 2. The standard InChI is InChI=1S/C19H38NO8PSi/c1-10-24-17(22)16(29(23,26-11-2)27-12-3)20-15(21)14(19(7)13-25-19)28-30(8,9)18(4,5)6/h14,16H,10-13H2,1-9H3,(H,20,21)/t14-,16?,19+/m1/s1. The Kier molecular flexibility index (Phi) is 9.30. The van der Waals surface area contributed by atoms with E-state index in [1.165, 1.54) is 0 Å². The van der Waals surface area contributed by atoms with Crippen LogP contribution in [-0.4, -0.2) is 64.1 Å². The van der Waals surface area contributed by atoms with Crippen LogP contribution in [0.25, 0.3) is 0 Å². The maximum atomic E-state index is 13.3. The summed E-state index contributed by atoms with van der Waals surface area (Å²) in [6.45, 7) is 17.3. The second kappa shape index (κ2) is 10.2. The van der Waals surface area contributed by atoms with Crippen LogP contribution in [0.15, 0.2) is 0 Å². The molecule has 1 fully saturated rings. The van der Waals surface area contributed by atoms with Crippen LogP contribution in [0.3, 0.4) is 0 Å². The Labute approximate surface area is 181 Å². The van der Waals surface area contributed by atoms with Gasteiger partial charge in [0.1, 0.15) is 5.60 Å². The summed E-state index contributed by atoms with van der Waals surface area (Å²) < 4.78 is 40.7. The summed E-state index contributed by atoms with van der Waals surface area (Å²) in [5.74, 6) is -3.10. The molecule has 0 saturated carbocycles. The molecule has 0 bridgehead atoms. The third-order valence-electron chi connectivity index (χ3n) is 5.33. The first kappa shape index (κ1) is 27.3. The van der Waals surface area contributed by atoms with Crippen LogP contribution in [0.5, 0.6) is 0 Å². The molecule has 1 amide bonds. The van der Waals surface area contributed by atoms with E-state index < -0.39 is 45.3 Å². The highest BCUT2D eigenvalue weighted by atomic mass is 31.2. The molecule has 9 nitrogen and oxygen atoms in total. The zero-order chi connectivity index (χ0) is 23.4.